The molecule has 4 rings (SSSR count). The third-order valence-electron chi connectivity index (χ3n) is 5.13. The van der Waals surface area contributed by atoms with Crippen LogP contribution in [0, 0.1) is 0 Å². The van der Waals surface area contributed by atoms with Crippen LogP contribution in [0.1, 0.15) is 22.3 Å². The number of aliphatic hydroxyl groups excluding tert-OH is 1. The average molecular weight is 381 g/mol. The topological polar surface area (TPSA) is 87.6 Å². The molecule has 0 aliphatic carbocycles. The van der Waals surface area contributed by atoms with Gasteiger partial charge in [0, 0.05) is 55.6 Å². The van der Waals surface area contributed by atoms with Gasteiger partial charge in [-0.3, -0.25) is 14.3 Å². The molecule has 1 atom stereocenters. The van der Waals surface area contributed by atoms with Crippen molar-refractivity contribution in [2.45, 2.75) is 19.0 Å². The molecule has 2 aromatic heterocycles. The van der Waals surface area contributed by atoms with E-state index in [0.717, 1.165) is 24.3 Å². The van der Waals surface area contributed by atoms with E-state index in [-0.39, 0.29) is 18.6 Å². The van der Waals surface area contributed by atoms with E-state index < -0.39 is 0 Å². The number of piperazine rings is 1. The zero-order valence-corrected chi connectivity index (χ0v) is 15.5. The summed E-state index contributed by atoms with van der Waals surface area (Å²) in [6.07, 6.45) is 7.25. The lowest BCUT2D eigenvalue weighted by Crippen LogP contribution is -2.54. The number of aliphatic hydroxyl groups is 1. The number of amides is 1. The molecule has 3 aromatic rings. The minimum atomic E-state index is 0.000764. The van der Waals surface area contributed by atoms with Gasteiger partial charge in [0.15, 0.2) is 0 Å². The van der Waals surface area contributed by atoms with Crippen molar-refractivity contribution in [1.82, 2.24) is 24.6 Å². The summed E-state index contributed by atoms with van der Waals surface area (Å²) in [6, 6.07) is 9.52. The number of carbonyl (C=O) groups excluding carboxylic acids is 1. The van der Waals surface area contributed by atoms with Crippen LogP contribution in [0.2, 0.25) is 0 Å². The molecule has 0 bridgehead atoms. The second kappa shape index (κ2) is 8.37. The molecule has 146 valence electrons. The number of hydrogen-bond acceptors (Lipinski definition) is 6. The van der Waals surface area contributed by atoms with Crippen molar-refractivity contribution in [3.05, 3.63) is 66.6 Å². The Bertz CT molecular complexity index is 894. The highest BCUT2D eigenvalue weighted by Crippen LogP contribution is 2.19. The van der Waals surface area contributed by atoms with Gasteiger partial charge in [0.2, 0.25) is 0 Å². The fourth-order valence-electron chi connectivity index (χ4n) is 3.64. The molecule has 0 unspecified atom stereocenters. The molecular formula is C20H23N5O3. The number of rotatable bonds is 6. The SMILES string of the molecule is O=C(c1cccc(-n2cnnc2)c1)N1CCN(Cc2ccoc2)[C@H](CCO)C1. The average Bonchev–Trinajstić information content (AvgIpc) is 3.43. The van der Waals surface area contributed by atoms with Gasteiger partial charge < -0.3 is 14.4 Å². The number of nitrogens with zero attached hydrogens (tertiary/aromatic N) is 5. The first-order valence-electron chi connectivity index (χ1n) is 9.35. The minimum Gasteiger partial charge on any atom is -0.472 e. The number of carbonyl (C=O) groups is 1. The van der Waals surface area contributed by atoms with Gasteiger partial charge >= 0.3 is 0 Å². The number of benzene rings is 1. The molecule has 0 radical (unpaired) electrons. The van der Waals surface area contributed by atoms with Crippen LogP contribution in [0.3, 0.4) is 0 Å². The van der Waals surface area contributed by atoms with Crippen molar-refractivity contribution in [3.63, 3.8) is 0 Å². The smallest absolute Gasteiger partial charge is 0.254 e. The van der Waals surface area contributed by atoms with Crippen LogP contribution in [0.5, 0.6) is 0 Å². The molecule has 1 aliphatic heterocycles. The van der Waals surface area contributed by atoms with E-state index in [4.69, 9.17) is 4.42 Å². The van der Waals surface area contributed by atoms with Crippen LogP contribution in [-0.4, -0.2) is 67.9 Å². The third-order valence-corrected chi connectivity index (χ3v) is 5.13. The van der Waals surface area contributed by atoms with Gasteiger partial charge in [-0.25, -0.2) is 0 Å². The second-order valence-electron chi connectivity index (χ2n) is 6.94. The van der Waals surface area contributed by atoms with Crippen molar-refractivity contribution in [1.29, 1.82) is 0 Å². The van der Waals surface area contributed by atoms with Gasteiger partial charge in [0.25, 0.3) is 5.91 Å². The van der Waals surface area contributed by atoms with E-state index in [0.29, 0.717) is 25.1 Å². The van der Waals surface area contributed by atoms with Crippen LogP contribution in [-0.2, 0) is 6.54 Å². The Kier molecular flexibility index (Phi) is 5.50. The van der Waals surface area contributed by atoms with Crippen molar-refractivity contribution in [2.24, 2.45) is 0 Å². The third kappa shape index (κ3) is 3.97. The van der Waals surface area contributed by atoms with Crippen LogP contribution in [0.15, 0.2) is 59.9 Å². The Labute approximate surface area is 163 Å². The predicted octanol–water partition coefficient (Wildman–Crippen LogP) is 1.57. The van der Waals surface area contributed by atoms with Crippen LogP contribution < -0.4 is 0 Å². The van der Waals surface area contributed by atoms with Gasteiger partial charge in [-0.2, -0.15) is 0 Å². The zero-order chi connectivity index (χ0) is 19.3. The molecule has 28 heavy (non-hydrogen) atoms. The quantitative estimate of drug-likeness (QED) is 0.697. The van der Waals surface area contributed by atoms with E-state index in [9.17, 15) is 9.90 Å². The number of hydrogen-bond donors (Lipinski definition) is 1. The Morgan fingerprint density at radius 2 is 2.07 bits per heavy atom. The lowest BCUT2D eigenvalue weighted by Gasteiger charge is -2.41. The summed E-state index contributed by atoms with van der Waals surface area (Å²) in [5.74, 6) is 0.000764. The predicted molar refractivity (Wildman–Crippen MR) is 102 cm³/mol. The second-order valence-corrected chi connectivity index (χ2v) is 6.94. The lowest BCUT2D eigenvalue weighted by atomic mass is 10.1. The van der Waals surface area contributed by atoms with Crippen molar-refractivity contribution < 1.29 is 14.3 Å². The van der Waals surface area contributed by atoms with Gasteiger partial charge in [-0.1, -0.05) is 6.07 Å². The monoisotopic (exact) mass is 381 g/mol. The van der Waals surface area contributed by atoms with E-state index >= 15 is 0 Å². The molecule has 1 aromatic carbocycles. The maximum atomic E-state index is 13.1. The molecule has 8 heteroatoms. The Morgan fingerprint density at radius 1 is 1.21 bits per heavy atom. The molecule has 0 saturated carbocycles. The first-order chi connectivity index (χ1) is 13.7. The summed E-state index contributed by atoms with van der Waals surface area (Å²) >= 11 is 0. The molecular weight excluding hydrogens is 358 g/mol. The molecule has 1 aliphatic rings. The highest BCUT2D eigenvalue weighted by molar-refractivity contribution is 5.94. The fourth-order valence-corrected chi connectivity index (χ4v) is 3.64. The number of aromatic nitrogens is 3. The normalized spacial score (nSPS) is 17.8. The van der Waals surface area contributed by atoms with Gasteiger partial charge in [-0.05, 0) is 30.7 Å². The fraction of sp³-hybridized carbons (Fsp3) is 0.350. The molecule has 0 spiro atoms. The molecule has 3 heterocycles. The standard InChI is InChI=1S/C20H23N5O3/c26-8-4-19-12-24(7-6-23(19)11-16-5-9-28-13-16)20(27)17-2-1-3-18(10-17)25-14-21-22-15-25/h1-3,5,9-10,13-15,19,26H,4,6-8,11-12H2/t19-/m1/s1. The van der Waals surface area contributed by atoms with Gasteiger partial charge in [0.1, 0.15) is 12.7 Å². The van der Waals surface area contributed by atoms with Crippen molar-refractivity contribution >= 4 is 5.91 Å². The van der Waals surface area contributed by atoms with E-state index in [1.807, 2.05) is 35.2 Å². The summed E-state index contributed by atoms with van der Waals surface area (Å²) in [5, 5.41) is 17.1. The lowest BCUT2D eigenvalue weighted by molar-refractivity contribution is 0.0394. The molecule has 8 nitrogen and oxygen atoms in total. The van der Waals surface area contributed by atoms with E-state index in [1.165, 1.54) is 0 Å². The van der Waals surface area contributed by atoms with E-state index in [2.05, 4.69) is 15.1 Å². The Balaban J connectivity index is 1.47. The van der Waals surface area contributed by atoms with Crippen LogP contribution >= 0.6 is 0 Å². The summed E-state index contributed by atoms with van der Waals surface area (Å²) in [6.45, 7) is 2.85. The number of furan rings is 1. The molecule has 1 saturated heterocycles. The first-order valence-corrected chi connectivity index (χ1v) is 9.35. The maximum Gasteiger partial charge on any atom is 0.254 e. The van der Waals surface area contributed by atoms with Crippen LogP contribution in [0.4, 0.5) is 0 Å². The molecule has 1 N–H and O–H groups in total. The molecule has 1 amide bonds. The Hall–Kier alpha value is -2.97. The van der Waals surface area contributed by atoms with Gasteiger partial charge in [0.05, 0.1) is 12.5 Å². The highest BCUT2D eigenvalue weighted by atomic mass is 16.3. The largest absolute Gasteiger partial charge is 0.472 e. The summed E-state index contributed by atoms with van der Waals surface area (Å²) in [4.78, 5) is 17.3. The summed E-state index contributed by atoms with van der Waals surface area (Å²) in [5.41, 5.74) is 2.59. The Morgan fingerprint density at radius 3 is 2.82 bits per heavy atom. The minimum absolute atomic E-state index is 0.000764. The maximum absolute atomic E-state index is 13.1. The zero-order valence-electron chi connectivity index (χ0n) is 15.5. The van der Waals surface area contributed by atoms with Crippen molar-refractivity contribution in [2.75, 3.05) is 26.2 Å². The van der Waals surface area contributed by atoms with Crippen molar-refractivity contribution in [3.8, 4) is 5.69 Å². The summed E-state index contributed by atoms with van der Waals surface area (Å²) < 4.78 is 6.93. The molecule has 1 fully saturated rings. The highest BCUT2D eigenvalue weighted by Gasteiger charge is 2.30. The van der Waals surface area contributed by atoms with E-state index in [1.54, 1.807) is 29.7 Å². The summed E-state index contributed by atoms with van der Waals surface area (Å²) in [7, 11) is 0. The van der Waals surface area contributed by atoms with Gasteiger partial charge in [-0.15, -0.1) is 10.2 Å². The van der Waals surface area contributed by atoms with Crippen LogP contribution in [0.25, 0.3) is 5.69 Å². The first kappa shape index (κ1) is 18.4.